The van der Waals surface area contributed by atoms with E-state index in [1.54, 1.807) is 6.21 Å². The second-order valence-electron chi connectivity index (χ2n) is 4.57. The van der Waals surface area contributed by atoms with Crippen LogP contribution in [0.2, 0.25) is 0 Å². The average Bonchev–Trinajstić information content (AvgIpc) is 2.56. The largest absolute Gasteiger partial charge is 0.493 e. The highest BCUT2D eigenvalue weighted by Crippen LogP contribution is 2.22. The highest BCUT2D eigenvalue weighted by Gasteiger charge is 2.02. The van der Waals surface area contributed by atoms with Gasteiger partial charge in [-0.05, 0) is 30.7 Å². The summed E-state index contributed by atoms with van der Waals surface area (Å²) in [5, 5.41) is 8.50. The van der Waals surface area contributed by atoms with Crippen LogP contribution in [0, 0.1) is 0 Å². The normalized spacial score (nSPS) is 11.8. The maximum atomic E-state index is 5.87. The molecule has 120 valence electrons. The van der Waals surface area contributed by atoms with Crippen LogP contribution in [0.4, 0.5) is 0 Å². The van der Waals surface area contributed by atoms with E-state index in [1.165, 1.54) is 17.3 Å². The predicted octanol–water partition coefficient (Wildman–Crippen LogP) is 4.43. The zero-order valence-corrected chi connectivity index (χ0v) is 15.2. The monoisotopic (exact) mass is 391 g/mol. The number of hydrogen-bond donors (Lipinski definition) is 1. The molecule has 0 aliphatic carbocycles. The summed E-state index contributed by atoms with van der Waals surface area (Å²) in [6.45, 7) is 2.54. The number of halogens is 1. The van der Waals surface area contributed by atoms with Crippen LogP contribution in [0.1, 0.15) is 18.1 Å². The van der Waals surface area contributed by atoms with Gasteiger partial charge in [0.25, 0.3) is 0 Å². The Hall–Kier alpha value is -1.79. The number of amidine groups is 1. The van der Waals surface area contributed by atoms with E-state index in [-0.39, 0.29) is 0 Å². The Balaban J connectivity index is 1.98. The third-order valence-electron chi connectivity index (χ3n) is 2.85. The van der Waals surface area contributed by atoms with Crippen molar-refractivity contribution < 1.29 is 4.74 Å². The molecule has 0 amide bonds. The van der Waals surface area contributed by atoms with Crippen LogP contribution in [0.25, 0.3) is 0 Å². The molecule has 2 aromatic carbocycles. The summed E-state index contributed by atoms with van der Waals surface area (Å²) >= 11 is 4.89. The summed E-state index contributed by atoms with van der Waals surface area (Å²) in [5.74, 6) is 1.54. The number of nitrogens with zero attached hydrogens (tertiary/aromatic N) is 2. The fourth-order valence-corrected chi connectivity index (χ4v) is 2.81. The number of nitrogens with two attached hydrogens (primary N) is 1. The number of ether oxygens (including phenoxy) is 1. The van der Waals surface area contributed by atoms with Gasteiger partial charge in [-0.2, -0.15) is 5.10 Å². The first-order valence-electron chi connectivity index (χ1n) is 7.14. The van der Waals surface area contributed by atoms with Crippen LogP contribution in [0.15, 0.2) is 63.2 Å². The van der Waals surface area contributed by atoms with Crippen molar-refractivity contribution in [2.75, 3.05) is 6.61 Å². The predicted molar refractivity (Wildman–Crippen MR) is 102 cm³/mol. The molecule has 0 spiro atoms. The highest BCUT2D eigenvalue weighted by atomic mass is 79.9. The molecular weight excluding hydrogens is 374 g/mol. The first kappa shape index (κ1) is 17.6. The van der Waals surface area contributed by atoms with Crippen molar-refractivity contribution in [3.63, 3.8) is 0 Å². The molecule has 0 saturated carbocycles. The summed E-state index contributed by atoms with van der Waals surface area (Å²) < 4.78 is 6.51. The maximum absolute atomic E-state index is 5.87. The Morgan fingerprint density at radius 1 is 1.26 bits per heavy atom. The Bertz CT molecular complexity index is 689. The number of rotatable bonds is 6. The van der Waals surface area contributed by atoms with Crippen molar-refractivity contribution in [2.45, 2.75) is 12.7 Å². The summed E-state index contributed by atoms with van der Waals surface area (Å²) in [5.41, 5.74) is 7.92. The van der Waals surface area contributed by atoms with E-state index in [9.17, 15) is 0 Å². The smallest absolute Gasteiger partial charge is 0.180 e. The zero-order valence-electron chi connectivity index (χ0n) is 12.8. The molecule has 6 heteroatoms. The zero-order chi connectivity index (χ0) is 16.5. The topological polar surface area (TPSA) is 60.0 Å². The summed E-state index contributed by atoms with van der Waals surface area (Å²) in [7, 11) is 0. The number of benzene rings is 2. The van der Waals surface area contributed by atoms with Gasteiger partial charge in [0.05, 0.1) is 12.8 Å². The van der Waals surface area contributed by atoms with Gasteiger partial charge in [0.1, 0.15) is 5.75 Å². The fourth-order valence-electron chi connectivity index (χ4n) is 1.82. The molecular formula is C17H18BrN3OS. The number of thioether (sulfide) groups is 1. The third kappa shape index (κ3) is 6.08. The Labute approximate surface area is 149 Å². The Morgan fingerprint density at radius 2 is 2.04 bits per heavy atom. The van der Waals surface area contributed by atoms with Crippen molar-refractivity contribution in [3.8, 4) is 5.75 Å². The molecule has 23 heavy (non-hydrogen) atoms. The molecule has 0 aromatic heterocycles. The second kappa shape index (κ2) is 9.37. The van der Waals surface area contributed by atoms with Gasteiger partial charge in [0.2, 0.25) is 0 Å². The Kier molecular flexibility index (Phi) is 7.16. The lowest BCUT2D eigenvalue weighted by Crippen LogP contribution is -2.06. The molecule has 0 unspecified atom stereocenters. The van der Waals surface area contributed by atoms with Crippen molar-refractivity contribution in [2.24, 2.45) is 15.9 Å². The molecule has 0 aliphatic rings. The quantitative estimate of drug-likeness (QED) is 0.450. The fraction of sp³-hybridized carbons (Fsp3) is 0.176. The van der Waals surface area contributed by atoms with Crippen LogP contribution >= 0.6 is 27.7 Å². The number of hydrogen-bond acceptors (Lipinski definition) is 4. The van der Waals surface area contributed by atoms with Gasteiger partial charge in [-0.3, -0.25) is 0 Å². The summed E-state index contributed by atoms with van der Waals surface area (Å²) in [6, 6.07) is 15.9. The van der Waals surface area contributed by atoms with E-state index < -0.39 is 0 Å². The van der Waals surface area contributed by atoms with E-state index in [4.69, 9.17) is 10.5 Å². The molecule has 0 saturated heterocycles. The lowest BCUT2D eigenvalue weighted by Gasteiger charge is -2.06. The molecule has 0 radical (unpaired) electrons. The first-order chi connectivity index (χ1) is 11.2. The SMILES string of the molecule is CCOc1ccc(Br)cc1C=NN=C(N)SCc1ccccc1. The Morgan fingerprint density at radius 3 is 2.78 bits per heavy atom. The highest BCUT2D eigenvalue weighted by molar-refractivity contribution is 9.10. The van der Waals surface area contributed by atoms with Crippen LogP contribution in [0.3, 0.4) is 0 Å². The van der Waals surface area contributed by atoms with Gasteiger partial charge in [-0.25, -0.2) is 0 Å². The van der Waals surface area contributed by atoms with E-state index in [0.29, 0.717) is 11.8 Å². The molecule has 2 aromatic rings. The minimum atomic E-state index is 0.429. The average molecular weight is 392 g/mol. The van der Waals surface area contributed by atoms with Crippen LogP contribution in [-0.4, -0.2) is 18.0 Å². The summed E-state index contributed by atoms with van der Waals surface area (Å²) in [6.07, 6.45) is 1.64. The molecule has 2 N–H and O–H groups in total. The molecule has 0 bridgehead atoms. The first-order valence-corrected chi connectivity index (χ1v) is 8.92. The van der Waals surface area contributed by atoms with E-state index in [0.717, 1.165) is 21.5 Å². The van der Waals surface area contributed by atoms with E-state index in [1.807, 2.05) is 43.3 Å². The van der Waals surface area contributed by atoms with Crippen molar-refractivity contribution >= 4 is 39.1 Å². The minimum Gasteiger partial charge on any atom is -0.493 e. The molecule has 0 fully saturated rings. The minimum absolute atomic E-state index is 0.429. The van der Waals surface area contributed by atoms with E-state index in [2.05, 4.69) is 38.3 Å². The lowest BCUT2D eigenvalue weighted by atomic mass is 10.2. The van der Waals surface area contributed by atoms with Gasteiger partial charge in [0.15, 0.2) is 5.17 Å². The van der Waals surface area contributed by atoms with Crippen molar-refractivity contribution in [3.05, 3.63) is 64.1 Å². The summed E-state index contributed by atoms with van der Waals surface area (Å²) in [4.78, 5) is 0. The third-order valence-corrected chi connectivity index (χ3v) is 4.20. The molecule has 2 rings (SSSR count). The van der Waals surface area contributed by atoms with Gasteiger partial charge in [-0.15, -0.1) is 5.10 Å². The van der Waals surface area contributed by atoms with Gasteiger partial charge < -0.3 is 10.5 Å². The van der Waals surface area contributed by atoms with Gasteiger partial charge >= 0.3 is 0 Å². The van der Waals surface area contributed by atoms with Crippen LogP contribution in [-0.2, 0) is 5.75 Å². The maximum Gasteiger partial charge on any atom is 0.180 e. The molecule has 0 aliphatic heterocycles. The molecule has 0 heterocycles. The van der Waals surface area contributed by atoms with Crippen molar-refractivity contribution in [1.82, 2.24) is 0 Å². The van der Waals surface area contributed by atoms with Gasteiger partial charge in [0, 0.05) is 15.8 Å². The van der Waals surface area contributed by atoms with Gasteiger partial charge in [-0.1, -0.05) is 58.0 Å². The molecule has 4 nitrogen and oxygen atoms in total. The second-order valence-corrected chi connectivity index (χ2v) is 6.48. The lowest BCUT2D eigenvalue weighted by molar-refractivity contribution is 0.339. The van der Waals surface area contributed by atoms with Crippen LogP contribution < -0.4 is 10.5 Å². The van der Waals surface area contributed by atoms with E-state index >= 15 is 0 Å². The van der Waals surface area contributed by atoms with Crippen LogP contribution in [0.5, 0.6) is 5.75 Å². The standard InChI is InChI=1S/C17H18BrN3OS/c1-2-22-16-9-8-15(18)10-14(16)11-20-21-17(19)23-12-13-6-4-3-5-7-13/h3-11H,2,12H2,1H3,(H2,19,21). The van der Waals surface area contributed by atoms with Crippen molar-refractivity contribution in [1.29, 1.82) is 0 Å². The molecule has 0 atom stereocenters.